The smallest absolute Gasteiger partial charge is 0.0858 e. The molecule has 108 valence electrons. The minimum atomic E-state index is 0.0766. The summed E-state index contributed by atoms with van der Waals surface area (Å²) in [5.41, 5.74) is 9.05. The van der Waals surface area contributed by atoms with Gasteiger partial charge in [0, 0.05) is 23.7 Å². The molecule has 0 bridgehead atoms. The number of aryl methyl sites for hydroxylation is 2. The predicted octanol–water partition coefficient (Wildman–Crippen LogP) is 3.95. The van der Waals surface area contributed by atoms with Crippen LogP contribution in [0.25, 0.3) is 0 Å². The molecule has 0 aliphatic rings. The summed E-state index contributed by atoms with van der Waals surface area (Å²) in [4.78, 5) is 1.21. The Morgan fingerprint density at radius 2 is 2.00 bits per heavy atom. The molecule has 5 heteroatoms. The Bertz CT molecular complexity index is 576. The van der Waals surface area contributed by atoms with Crippen LogP contribution in [0.4, 0.5) is 0 Å². The molecular formula is C15H20ClN3S. The number of rotatable bonds is 5. The molecule has 3 nitrogen and oxygen atoms in total. The topological polar surface area (TPSA) is 43.8 Å². The number of benzene rings is 1. The summed E-state index contributed by atoms with van der Waals surface area (Å²) in [6, 6.07) is 8.44. The maximum atomic E-state index is 6.35. The van der Waals surface area contributed by atoms with Crippen LogP contribution in [0.2, 0.25) is 5.02 Å². The zero-order valence-corrected chi connectivity index (χ0v) is 13.6. The van der Waals surface area contributed by atoms with Crippen LogP contribution in [0.1, 0.15) is 36.8 Å². The lowest BCUT2D eigenvalue weighted by Gasteiger charge is -2.07. The predicted molar refractivity (Wildman–Crippen MR) is 86.2 cm³/mol. The van der Waals surface area contributed by atoms with Crippen LogP contribution in [0.5, 0.6) is 0 Å². The second kappa shape index (κ2) is 6.66. The molecule has 0 saturated carbocycles. The summed E-state index contributed by atoms with van der Waals surface area (Å²) in [7, 11) is 1.94. The summed E-state index contributed by atoms with van der Waals surface area (Å²) in [6.45, 7) is 4.06. The van der Waals surface area contributed by atoms with Gasteiger partial charge in [-0.05, 0) is 31.0 Å². The Hall–Kier alpha value is -0.970. The van der Waals surface area contributed by atoms with Crippen molar-refractivity contribution < 1.29 is 0 Å². The lowest BCUT2D eigenvalue weighted by atomic mass is 10.1. The minimum absolute atomic E-state index is 0.0766. The highest BCUT2D eigenvalue weighted by molar-refractivity contribution is 7.98. The number of nitrogens with two attached hydrogens (primary N) is 1. The molecule has 1 aromatic carbocycles. The number of aromatic nitrogens is 2. The summed E-state index contributed by atoms with van der Waals surface area (Å²) in [5, 5.41) is 5.23. The molecule has 20 heavy (non-hydrogen) atoms. The molecule has 2 N–H and O–H groups in total. The van der Waals surface area contributed by atoms with Crippen LogP contribution in [-0.4, -0.2) is 9.78 Å². The second-order valence-electron chi connectivity index (χ2n) is 4.83. The van der Waals surface area contributed by atoms with Crippen LogP contribution < -0.4 is 5.73 Å². The van der Waals surface area contributed by atoms with E-state index < -0.39 is 0 Å². The molecule has 0 fully saturated rings. The first-order valence-corrected chi connectivity index (χ1v) is 8.07. The molecule has 0 saturated heterocycles. The van der Waals surface area contributed by atoms with Gasteiger partial charge in [-0.15, -0.1) is 11.8 Å². The normalized spacial score (nSPS) is 12.7. The summed E-state index contributed by atoms with van der Waals surface area (Å²) < 4.78 is 1.88. The Morgan fingerprint density at radius 3 is 2.50 bits per heavy atom. The number of hydrogen-bond donors (Lipinski definition) is 1. The first kappa shape index (κ1) is 15.4. The fourth-order valence-corrected chi connectivity index (χ4v) is 3.40. The molecule has 0 aliphatic heterocycles. The number of thioether (sulfide) groups is 1. The molecule has 0 aliphatic carbocycles. The number of halogens is 1. The molecule has 1 unspecified atom stereocenters. The van der Waals surface area contributed by atoms with Gasteiger partial charge in [-0.2, -0.15) is 5.10 Å². The van der Waals surface area contributed by atoms with Crippen molar-refractivity contribution in [3.8, 4) is 0 Å². The van der Waals surface area contributed by atoms with Crippen LogP contribution in [0.15, 0.2) is 29.2 Å². The molecule has 2 aromatic rings. The van der Waals surface area contributed by atoms with Gasteiger partial charge in [-0.25, -0.2) is 0 Å². The van der Waals surface area contributed by atoms with Crippen molar-refractivity contribution in [2.24, 2.45) is 12.8 Å². The van der Waals surface area contributed by atoms with Crippen LogP contribution in [0.3, 0.4) is 0 Å². The fourth-order valence-electron chi connectivity index (χ4n) is 2.00. The third-order valence-corrected chi connectivity index (χ3v) is 4.74. The number of hydrogen-bond acceptors (Lipinski definition) is 3. The Kier molecular flexibility index (Phi) is 5.13. The van der Waals surface area contributed by atoms with Gasteiger partial charge in [0.1, 0.15) is 0 Å². The summed E-state index contributed by atoms with van der Waals surface area (Å²) >= 11 is 8.11. The van der Waals surface area contributed by atoms with Crippen molar-refractivity contribution in [2.45, 2.75) is 37.0 Å². The lowest BCUT2D eigenvalue weighted by molar-refractivity contribution is 0.720. The number of nitrogens with zero attached hydrogens (tertiary/aromatic N) is 2. The molecule has 0 amide bonds. The highest BCUT2D eigenvalue weighted by Gasteiger charge is 2.13. The molecular weight excluding hydrogens is 290 g/mol. The van der Waals surface area contributed by atoms with Crippen molar-refractivity contribution >= 4 is 23.4 Å². The average molecular weight is 310 g/mol. The minimum Gasteiger partial charge on any atom is -0.324 e. The highest BCUT2D eigenvalue weighted by atomic mass is 35.5. The van der Waals surface area contributed by atoms with Crippen molar-refractivity contribution in [3.63, 3.8) is 0 Å². The largest absolute Gasteiger partial charge is 0.324 e. The van der Waals surface area contributed by atoms with Crippen LogP contribution in [0, 0.1) is 0 Å². The van der Waals surface area contributed by atoms with E-state index in [4.69, 9.17) is 17.3 Å². The molecule has 1 aromatic heterocycles. The van der Waals surface area contributed by atoms with Crippen LogP contribution in [-0.2, 0) is 19.2 Å². The zero-order chi connectivity index (χ0) is 14.7. The van der Waals surface area contributed by atoms with Gasteiger partial charge in [-0.1, -0.05) is 30.7 Å². The van der Waals surface area contributed by atoms with Crippen molar-refractivity contribution in [3.05, 3.63) is 46.2 Å². The maximum Gasteiger partial charge on any atom is 0.0858 e. The quantitative estimate of drug-likeness (QED) is 0.851. The highest BCUT2D eigenvalue weighted by Crippen LogP contribution is 2.29. The molecule has 0 radical (unpaired) electrons. The third kappa shape index (κ3) is 3.37. The van der Waals surface area contributed by atoms with E-state index in [0.29, 0.717) is 0 Å². The van der Waals surface area contributed by atoms with Gasteiger partial charge < -0.3 is 5.73 Å². The van der Waals surface area contributed by atoms with E-state index in [1.54, 1.807) is 11.8 Å². The standard InChI is InChI=1S/C15H20ClN3S/c1-4-13-15(16)14(19(3)18-13)9-20-12-7-5-11(6-8-12)10(2)17/h5-8,10H,4,9,17H2,1-3H3. The van der Waals surface area contributed by atoms with Gasteiger partial charge >= 0.3 is 0 Å². The second-order valence-corrected chi connectivity index (χ2v) is 6.26. The van der Waals surface area contributed by atoms with E-state index in [1.165, 1.54) is 4.90 Å². The first-order chi connectivity index (χ1) is 9.52. The molecule has 1 atom stereocenters. The third-order valence-electron chi connectivity index (χ3n) is 3.28. The Labute approximate surface area is 129 Å². The Morgan fingerprint density at radius 1 is 1.35 bits per heavy atom. The van der Waals surface area contributed by atoms with Gasteiger partial charge in [0.05, 0.1) is 16.4 Å². The maximum absolute atomic E-state index is 6.35. The van der Waals surface area contributed by atoms with Crippen LogP contribution >= 0.6 is 23.4 Å². The van der Waals surface area contributed by atoms with Crippen molar-refractivity contribution in [1.29, 1.82) is 0 Å². The van der Waals surface area contributed by atoms with Gasteiger partial charge in [-0.3, -0.25) is 4.68 Å². The molecule has 2 rings (SSSR count). The van der Waals surface area contributed by atoms with E-state index >= 15 is 0 Å². The van der Waals surface area contributed by atoms with Gasteiger partial charge in [0.15, 0.2) is 0 Å². The van der Waals surface area contributed by atoms with Gasteiger partial charge in [0.25, 0.3) is 0 Å². The monoisotopic (exact) mass is 309 g/mol. The van der Waals surface area contributed by atoms with E-state index in [9.17, 15) is 0 Å². The van der Waals surface area contributed by atoms with E-state index in [2.05, 4.69) is 36.3 Å². The molecule has 1 heterocycles. The first-order valence-electron chi connectivity index (χ1n) is 6.71. The SMILES string of the molecule is CCc1nn(C)c(CSc2ccc(C(C)N)cc2)c1Cl. The average Bonchev–Trinajstić information content (AvgIpc) is 2.71. The van der Waals surface area contributed by atoms with E-state index in [-0.39, 0.29) is 6.04 Å². The Balaban J connectivity index is 2.07. The lowest BCUT2D eigenvalue weighted by Crippen LogP contribution is -2.04. The molecule has 0 spiro atoms. The van der Waals surface area contributed by atoms with Crippen molar-refractivity contribution in [2.75, 3.05) is 0 Å². The fraction of sp³-hybridized carbons (Fsp3) is 0.400. The summed E-state index contributed by atoms with van der Waals surface area (Å²) in [5.74, 6) is 0.819. The van der Waals surface area contributed by atoms with Gasteiger partial charge in [0.2, 0.25) is 0 Å². The zero-order valence-electron chi connectivity index (χ0n) is 12.1. The van der Waals surface area contributed by atoms with Crippen molar-refractivity contribution in [1.82, 2.24) is 9.78 Å². The van der Waals surface area contributed by atoms with E-state index in [1.807, 2.05) is 18.7 Å². The summed E-state index contributed by atoms with van der Waals surface area (Å²) in [6.07, 6.45) is 0.862. The van der Waals surface area contributed by atoms with E-state index in [0.717, 1.165) is 34.1 Å².